The van der Waals surface area contributed by atoms with Crippen LogP contribution in [-0.4, -0.2) is 4.45 Å². The molecule has 0 radical (unpaired) electrons. The molecule has 6 N–H and O–H groups in total. The Morgan fingerprint density at radius 1 is 1.17 bits per heavy atom. The first-order chi connectivity index (χ1) is 1.73. The van der Waals surface area contributed by atoms with Crippen molar-refractivity contribution in [3.63, 3.8) is 0 Å². The van der Waals surface area contributed by atoms with Gasteiger partial charge in [-0.25, -0.2) is 0 Å². The number of hydrogen-bond acceptors (Lipinski definition) is 3. The highest BCUT2D eigenvalue weighted by Gasteiger charge is 1.65. The van der Waals surface area contributed by atoms with Crippen LogP contribution in [0.5, 0.6) is 0 Å². The summed E-state index contributed by atoms with van der Waals surface area (Å²) in [6.07, 6.45) is 0. The molecule has 5 heteroatoms. The van der Waals surface area contributed by atoms with Crippen molar-refractivity contribution < 1.29 is 4.79 Å². The van der Waals surface area contributed by atoms with E-state index in [0.29, 0.717) is 0 Å². The van der Waals surface area contributed by atoms with Crippen molar-refractivity contribution in [2.45, 2.75) is 0 Å². The van der Waals surface area contributed by atoms with Crippen molar-refractivity contribution in [1.82, 2.24) is 12.3 Å². The molecular weight excluding hydrogens is 120 g/mol. The van der Waals surface area contributed by atoms with Gasteiger partial charge >= 0.3 is 0 Å². The maximum Gasteiger partial charge on any atom is 0.239 e. The van der Waals surface area contributed by atoms with Gasteiger partial charge in [0.2, 0.25) is 4.45 Å². The third kappa shape index (κ3) is 552. The number of hydrogen-bond donors (Lipinski definition) is 4. The molecular formula is CH8N2OS2. The van der Waals surface area contributed by atoms with Crippen molar-refractivity contribution in [2.75, 3.05) is 0 Å². The molecule has 0 aromatic rings. The van der Waals surface area contributed by atoms with E-state index >= 15 is 0 Å². The Balaban J connectivity index is -0.0000000450. The lowest BCUT2D eigenvalue weighted by Gasteiger charge is -1.54. The maximum atomic E-state index is 9.17. The third-order valence-corrected chi connectivity index (χ3v) is 0. The lowest BCUT2D eigenvalue weighted by molar-refractivity contribution is 0.277. The van der Waals surface area contributed by atoms with E-state index < -0.39 is 4.45 Å². The SMILES string of the molecule is N.N.O=C(S)S. The Morgan fingerprint density at radius 3 is 1.17 bits per heavy atom. The first kappa shape index (κ1) is 16.3. The molecule has 0 saturated carbocycles. The summed E-state index contributed by atoms with van der Waals surface area (Å²) in [4.78, 5) is 9.17. The van der Waals surface area contributed by atoms with E-state index in [1.165, 1.54) is 0 Å². The number of carbonyl (C=O) groups excluding carboxylic acids is 1. The van der Waals surface area contributed by atoms with Gasteiger partial charge in [0.05, 0.1) is 0 Å². The van der Waals surface area contributed by atoms with Crippen molar-refractivity contribution in [1.29, 1.82) is 0 Å². The smallest absolute Gasteiger partial charge is 0.239 e. The molecule has 0 aromatic heterocycles. The summed E-state index contributed by atoms with van der Waals surface area (Å²) in [6, 6.07) is 0. The van der Waals surface area contributed by atoms with E-state index in [1.807, 2.05) is 0 Å². The second-order valence-electron chi connectivity index (χ2n) is 0.283. The van der Waals surface area contributed by atoms with E-state index in [-0.39, 0.29) is 12.3 Å². The Bertz CT molecular complexity index is 34.5. The van der Waals surface area contributed by atoms with Gasteiger partial charge < -0.3 is 12.3 Å². The predicted molar refractivity (Wildman–Crippen MR) is 33.4 cm³/mol. The van der Waals surface area contributed by atoms with Crippen molar-refractivity contribution in [3.8, 4) is 0 Å². The van der Waals surface area contributed by atoms with E-state index in [4.69, 9.17) is 0 Å². The summed E-state index contributed by atoms with van der Waals surface area (Å²) in [5.41, 5.74) is 0. The van der Waals surface area contributed by atoms with Crippen LogP contribution in [0.2, 0.25) is 0 Å². The molecule has 40 valence electrons. The first-order valence-electron chi connectivity index (χ1n) is 0.651. The minimum Gasteiger partial charge on any atom is -0.344 e. The molecule has 0 spiro atoms. The fourth-order valence-corrected chi connectivity index (χ4v) is 0. The summed E-state index contributed by atoms with van der Waals surface area (Å²) in [5.74, 6) is 0. The monoisotopic (exact) mass is 128 g/mol. The molecule has 0 saturated heterocycles. The zero-order valence-electron chi connectivity index (χ0n) is 3.22. The molecule has 0 bridgehead atoms. The molecule has 6 heavy (non-hydrogen) atoms. The molecule has 0 fully saturated rings. The molecule has 0 aromatic carbocycles. The van der Waals surface area contributed by atoms with Crippen LogP contribution in [-0.2, 0) is 0 Å². The zero-order chi connectivity index (χ0) is 3.58. The molecule has 3 nitrogen and oxygen atoms in total. The van der Waals surface area contributed by atoms with Crippen LogP contribution in [0.15, 0.2) is 0 Å². The molecule has 0 amide bonds. The van der Waals surface area contributed by atoms with Crippen molar-refractivity contribution >= 4 is 29.7 Å². The van der Waals surface area contributed by atoms with Gasteiger partial charge in [0.15, 0.2) is 0 Å². The average molecular weight is 128 g/mol. The summed E-state index contributed by atoms with van der Waals surface area (Å²) < 4.78 is -0.444. The van der Waals surface area contributed by atoms with Crippen LogP contribution < -0.4 is 12.3 Å². The third-order valence-electron chi connectivity index (χ3n) is 0. The van der Waals surface area contributed by atoms with Gasteiger partial charge in [-0.15, -0.1) is 0 Å². The lowest BCUT2D eigenvalue weighted by Crippen LogP contribution is -1.47. The van der Waals surface area contributed by atoms with Crippen LogP contribution in [0.3, 0.4) is 0 Å². The van der Waals surface area contributed by atoms with Crippen molar-refractivity contribution in [3.05, 3.63) is 0 Å². The van der Waals surface area contributed by atoms with Crippen LogP contribution in [0.4, 0.5) is 4.79 Å². The number of carbonyl (C=O) groups is 1. The van der Waals surface area contributed by atoms with E-state index in [2.05, 4.69) is 25.3 Å². The molecule has 0 aliphatic rings. The van der Waals surface area contributed by atoms with Gasteiger partial charge in [-0.3, -0.25) is 4.79 Å². The molecule has 0 aliphatic carbocycles. The summed E-state index contributed by atoms with van der Waals surface area (Å²) in [6.45, 7) is 0. The summed E-state index contributed by atoms with van der Waals surface area (Å²) in [5, 5.41) is 0. The van der Waals surface area contributed by atoms with Gasteiger partial charge in [-0.2, -0.15) is 0 Å². The molecule has 0 unspecified atom stereocenters. The van der Waals surface area contributed by atoms with Gasteiger partial charge in [0.1, 0.15) is 0 Å². The average Bonchev–Trinajstić information content (AvgIpc) is 0.811. The van der Waals surface area contributed by atoms with Crippen molar-refractivity contribution in [2.24, 2.45) is 0 Å². The van der Waals surface area contributed by atoms with Gasteiger partial charge in [-0.05, 0) is 0 Å². The second kappa shape index (κ2) is 8.99. The fourth-order valence-electron chi connectivity index (χ4n) is 0. The van der Waals surface area contributed by atoms with Crippen LogP contribution in [0, 0.1) is 0 Å². The topological polar surface area (TPSA) is 87.1 Å². The predicted octanol–water partition coefficient (Wildman–Crippen LogP) is 1.29. The minimum absolute atomic E-state index is 0. The van der Waals surface area contributed by atoms with Crippen LogP contribution in [0.1, 0.15) is 0 Å². The minimum atomic E-state index is -0.444. The molecule has 0 rings (SSSR count). The molecule has 0 heterocycles. The second-order valence-corrected chi connectivity index (χ2v) is 1.45. The molecule has 0 atom stereocenters. The zero-order valence-corrected chi connectivity index (χ0v) is 5.01. The Kier molecular flexibility index (Phi) is 24.4. The fraction of sp³-hybridized carbons (Fsp3) is 0. The quantitative estimate of drug-likeness (QED) is 0.371. The Morgan fingerprint density at radius 2 is 1.17 bits per heavy atom. The van der Waals surface area contributed by atoms with Crippen LogP contribution >= 0.6 is 25.3 Å². The van der Waals surface area contributed by atoms with E-state index in [1.54, 1.807) is 0 Å². The highest BCUT2D eigenvalue weighted by Crippen LogP contribution is 1.81. The summed E-state index contributed by atoms with van der Waals surface area (Å²) >= 11 is 6.38. The highest BCUT2D eigenvalue weighted by atomic mass is 32.2. The summed E-state index contributed by atoms with van der Waals surface area (Å²) in [7, 11) is 0. The van der Waals surface area contributed by atoms with Gasteiger partial charge in [-0.1, -0.05) is 25.3 Å². The maximum absolute atomic E-state index is 9.17. The van der Waals surface area contributed by atoms with Crippen LogP contribution in [0.25, 0.3) is 0 Å². The largest absolute Gasteiger partial charge is 0.344 e. The number of thiol groups is 2. The standard InChI is InChI=1S/CH2OS2.2H3N/c2-1(3)4;;/h(H2,2,3,4);2*1H3. The first-order valence-corrected chi connectivity index (χ1v) is 1.55. The molecule has 0 aliphatic heterocycles. The van der Waals surface area contributed by atoms with E-state index in [0.717, 1.165) is 0 Å². The Hall–Kier alpha value is 0.290. The highest BCUT2D eigenvalue weighted by molar-refractivity contribution is 8.23. The van der Waals surface area contributed by atoms with E-state index in [9.17, 15) is 4.79 Å². The Labute approximate surface area is 47.5 Å². The number of rotatable bonds is 0. The lowest BCUT2D eigenvalue weighted by atomic mass is 11.8. The normalized spacial score (nSPS) is 4.33. The van der Waals surface area contributed by atoms with Gasteiger partial charge in [0.25, 0.3) is 0 Å². The van der Waals surface area contributed by atoms with Gasteiger partial charge in [0, 0.05) is 0 Å².